The number of ether oxygens (including phenoxy) is 1. The SMILES string of the molecule is CN1C(=O)CCC1CCOc1ccc(-c2ncc(C(F)(F)F)[nH]2)cc1NC(=O)C#Cc1ccn(C)c(=O)c1. The molecule has 0 aliphatic carbocycles. The van der Waals surface area contributed by atoms with E-state index >= 15 is 0 Å². The van der Waals surface area contributed by atoms with Gasteiger partial charge < -0.3 is 24.5 Å². The van der Waals surface area contributed by atoms with Gasteiger partial charge in [0.15, 0.2) is 0 Å². The Morgan fingerprint density at radius 2 is 2.03 bits per heavy atom. The van der Waals surface area contributed by atoms with Gasteiger partial charge in [0.25, 0.3) is 5.56 Å². The molecule has 1 atom stereocenters. The van der Waals surface area contributed by atoms with Crippen LogP contribution in [0.5, 0.6) is 5.75 Å². The smallest absolute Gasteiger partial charge is 0.432 e. The summed E-state index contributed by atoms with van der Waals surface area (Å²) in [6.07, 6.45) is -0.617. The van der Waals surface area contributed by atoms with E-state index in [0.29, 0.717) is 24.6 Å². The number of hydrogen-bond donors (Lipinski definition) is 2. The van der Waals surface area contributed by atoms with Gasteiger partial charge in [0.2, 0.25) is 5.91 Å². The number of alkyl halides is 3. The minimum atomic E-state index is -4.59. The highest BCUT2D eigenvalue weighted by Crippen LogP contribution is 2.33. The summed E-state index contributed by atoms with van der Waals surface area (Å²) in [5.41, 5.74) is -0.491. The Bertz CT molecular complexity index is 1480. The highest BCUT2D eigenvalue weighted by Gasteiger charge is 2.33. The number of nitrogens with one attached hydrogen (secondary N) is 2. The van der Waals surface area contributed by atoms with E-state index in [1.165, 1.54) is 35.0 Å². The zero-order chi connectivity index (χ0) is 27.4. The minimum absolute atomic E-state index is 0.0353. The van der Waals surface area contributed by atoms with Gasteiger partial charge in [-0.1, -0.05) is 5.92 Å². The highest BCUT2D eigenvalue weighted by molar-refractivity contribution is 6.05. The highest BCUT2D eigenvalue weighted by atomic mass is 19.4. The van der Waals surface area contributed by atoms with Crippen LogP contribution in [0.2, 0.25) is 0 Å². The zero-order valence-electron chi connectivity index (χ0n) is 20.6. The van der Waals surface area contributed by atoms with Crippen LogP contribution in [0.3, 0.4) is 0 Å². The van der Waals surface area contributed by atoms with Crippen LogP contribution in [0.15, 0.2) is 47.5 Å². The van der Waals surface area contributed by atoms with Gasteiger partial charge in [-0.3, -0.25) is 14.4 Å². The first-order valence-corrected chi connectivity index (χ1v) is 11.7. The Labute approximate surface area is 215 Å². The molecule has 2 N–H and O–H groups in total. The lowest BCUT2D eigenvalue weighted by Crippen LogP contribution is -2.29. The van der Waals surface area contributed by atoms with Crippen LogP contribution in [0.25, 0.3) is 11.4 Å². The zero-order valence-corrected chi connectivity index (χ0v) is 20.6. The molecule has 0 saturated carbocycles. The molecule has 198 valence electrons. The number of aromatic nitrogens is 3. The van der Waals surface area contributed by atoms with Crippen molar-refractivity contribution in [1.82, 2.24) is 19.4 Å². The predicted molar refractivity (Wildman–Crippen MR) is 132 cm³/mol. The van der Waals surface area contributed by atoms with Gasteiger partial charge in [-0.15, -0.1) is 0 Å². The Morgan fingerprint density at radius 1 is 1.24 bits per heavy atom. The first kappa shape index (κ1) is 26.5. The number of carbonyl (C=O) groups excluding carboxylic acids is 2. The van der Waals surface area contributed by atoms with Crippen LogP contribution in [0.1, 0.15) is 30.5 Å². The Hall–Kier alpha value is -4.53. The van der Waals surface area contributed by atoms with Gasteiger partial charge in [0.05, 0.1) is 18.5 Å². The van der Waals surface area contributed by atoms with E-state index in [9.17, 15) is 27.6 Å². The molecule has 1 fully saturated rings. The summed E-state index contributed by atoms with van der Waals surface area (Å²) in [6, 6.07) is 7.36. The van der Waals surface area contributed by atoms with Crippen molar-refractivity contribution < 1.29 is 27.5 Å². The predicted octanol–water partition coefficient (Wildman–Crippen LogP) is 3.17. The van der Waals surface area contributed by atoms with Crippen molar-refractivity contribution in [2.75, 3.05) is 19.0 Å². The van der Waals surface area contributed by atoms with Crippen LogP contribution in [0.4, 0.5) is 18.9 Å². The van der Waals surface area contributed by atoms with Gasteiger partial charge >= 0.3 is 12.1 Å². The molecular formula is C26H24F3N5O4. The van der Waals surface area contributed by atoms with Crippen molar-refractivity contribution in [1.29, 1.82) is 0 Å². The third-order valence-corrected chi connectivity index (χ3v) is 6.15. The number of anilines is 1. The number of likely N-dealkylation sites (tertiary alicyclic amines) is 1. The van der Waals surface area contributed by atoms with Crippen molar-refractivity contribution in [2.45, 2.75) is 31.5 Å². The van der Waals surface area contributed by atoms with Crippen molar-refractivity contribution in [3.05, 3.63) is 64.3 Å². The van der Waals surface area contributed by atoms with E-state index in [1.54, 1.807) is 25.1 Å². The van der Waals surface area contributed by atoms with Crippen LogP contribution in [0, 0.1) is 11.8 Å². The fourth-order valence-electron chi connectivity index (χ4n) is 3.93. The molecule has 1 aliphatic heterocycles. The van der Waals surface area contributed by atoms with E-state index in [4.69, 9.17) is 4.74 Å². The average molecular weight is 528 g/mol. The molecule has 2 aromatic heterocycles. The molecule has 38 heavy (non-hydrogen) atoms. The summed E-state index contributed by atoms with van der Waals surface area (Å²) in [7, 11) is 3.32. The summed E-state index contributed by atoms with van der Waals surface area (Å²) < 4.78 is 46.3. The van der Waals surface area contributed by atoms with Gasteiger partial charge in [0, 0.05) is 62.3 Å². The minimum Gasteiger partial charge on any atom is -0.491 e. The number of amides is 2. The maximum absolute atomic E-state index is 13.0. The van der Waals surface area contributed by atoms with E-state index in [1.807, 2.05) is 0 Å². The molecule has 0 spiro atoms. The summed E-state index contributed by atoms with van der Waals surface area (Å²) in [5, 5.41) is 2.60. The molecule has 3 aromatic rings. The number of H-pyrrole nitrogens is 1. The number of rotatable bonds is 6. The fourth-order valence-corrected chi connectivity index (χ4v) is 3.93. The fraction of sp³-hybridized carbons (Fsp3) is 0.308. The molecule has 3 heterocycles. The molecule has 2 amide bonds. The number of aryl methyl sites for hydroxylation is 1. The summed E-state index contributed by atoms with van der Waals surface area (Å²) in [6.45, 7) is 0.239. The van der Waals surface area contributed by atoms with E-state index < -0.39 is 17.8 Å². The number of aromatic amines is 1. The van der Waals surface area contributed by atoms with Crippen LogP contribution in [-0.4, -0.2) is 50.9 Å². The average Bonchev–Trinajstić information content (AvgIpc) is 3.49. The van der Waals surface area contributed by atoms with Crippen molar-refractivity contribution in [3.63, 3.8) is 0 Å². The molecule has 9 nitrogen and oxygen atoms in total. The number of pyridine rings is 1. The van der Waals surface area contributed by atoms with Crippen LogP contribution < -0.4 is 15.6 Å². The molecule has 4 rings (SSSR count). The number of hydrogen-bond acceptors (Lipinski definition) is 5. The second-order valence-electron chi connectivity index (χ2n) is 8.76. The molecule has 0 bridgehead atoms. The summed E-state index contributed by atoms with van der Waals surface area (Å²) in [5.74, 6) is 4.58. The molecule has 1 unspecified atom stereocenters. The van der Waals surface area contributed by atoms with Gasteiger partial charge in [-0.25, -0.2) is 4.98 Å². The monoisotopic (exact) mass is 527 g/mol. The normalized spacial score (nSPS) is 15.2. The van der Waals surface area contributed by atoms with Crippen molar-refractivity contribution in [3.8, 4) is 29.0 Å². The summed E-state index contributed by atoms with van der Waals surface area (Å²) >= 11 is 0. The third-order valence-electron chi connectivity index (χ3n) is 6.15. The number of carbonyl (C=O) groups is 2. The quantitative estimate of drug-likeness (QED) is 0.479. The lowest BCUT2D eigenvalue weighted by molar-refractivity contribution is -0.140. The molecule has 0 radical (unpaired) electrons. The first-order valence-electron chi connectivity index (χ1n) is 11.7. The topological polar surface area (TPSA) is 109 Å². The maximum atomic E-state index is 13.0. The third kappa shape index (κ3) is 6.23. The van der Waals surface area contributed by atoms with Crippen LogP contribution >= 0.6 is 0 Å². The second-order valence-corrected chi connectivity index (χ2v) is 8.76. The maximum Gasteiger partial charge on any atom is 0.432 e. The standard InChI is InChI=1S/C26H24F3N5O4/c1-33-11-9-16(13-24(33)37)3-7-22(35)31-19-14-17(25-30-15-21(32-25)26(27,28)29)4-6-20(19)38-12-10-18-5-8-23(36)34(18)2/h4,6,9,11,13-15,18H,5,8,10,12H2,1-2H3,(H,30,32)(H,31,35). The summed E-state index contributed by atoms with van der Waals surface area (Å²) in [4.78, 5) is 43.8. The lowest BCUT2D eigenvalue weighted by atomic mass is 10.1. The Kier molecular flexibility index (Phi) is 7.57. The molecule has 12 heteroatoms. The van der Waals surface area contributed by atoms with Gasteiger partial charge in [-0.05, 0) is 30.7 Å². The Balaban J connectivity index is 1.55. The molecule has 1 saturated heterocycles. The molecule has 1 aliphatic rings. The Morgan fingerprint density at radius 3 is 2.68 bits per heavy atom. The second kappa shape index (κ2) is 10.8. The van der Waals surface area contributed by atoms with E-state index in [0.717, 1.165) is 6.42 Å². The first-order chi connectivity index (χ1) is 18.0. The van der Waals surface area contributed by atoms with Gasteiger partial charge in [-0.2, -0.15) is 13.2 Å². The number of halogens is 3. The number of imidazole rings is 1. The van der Waals surface area contributed by atoms with Crippen molar-refractivity contribution in [2.24, 2.45) is 7.05 Å². The molecular weight excluding hydrogens is 503 g/mol. The van der Waals surface area contributed by atoms with E-state index in [-0.39, 0.29) is 46.9 Å². The number of benzene rings is 1. The number of nitrogens with zero attached hydrogens (tertiary/aromatic N) is 3. The largest absolute Gasteiger partial charge is 0.491 e. The lowest BCUT2D eigenvalue weighted by Gasteiger charge is -2.20. The van der Waals surface area contributed by atoms with Gasteiger partial charge in [0.1, 0.15) is 17.3 Å². The molecule has 1 aromatic carbocycles. The van der Waals surface area contributed by atoms with Crippen molar-refractivity contribution >= 4 is 17.5 Å². The van der Waals surface area contributed by atoms with E-state index in [2.05, 4.69) is 27.1 Å². The van der Waals surface area contributed by atoms with Crippen LogP contribution in [-0.2, 0) is 22.8 Å².